The zero-order valence-corrected chi connectivity index (χ0v) is 19.1. The number of aromatic nitrogens is 2. The van der Waals surface area contributed by atoms with E-state index >= 15 is 0 Å². The van der Waals surface area contributed by atoms with E-state index in [1.54, 1.807) is 11.8 Å². The average molecular weight is 459 g/mol. The van der Waals surface area contributed by atoms with Crippen molar-refractivity contribution in [3.8, 4) is 5.75 Å². The van der Waals surface area contributed by atoms with Crippen molar-refractivity contribution in [3.05, 3.63) is 102 Å². The van der Waals surface area contributed by atoms with Gasteiger partial charge in [-0.1, -0.05) is 60.1 Å². The quantitative estimate of drug-likeness (QED) is 0.177. The van der Waals surface area contributed by atoms with Gasteiger partial charge in [-0.2, -0.15) is 0 Å². The molecule has 4 aromatic carbocycles. The molecule has 0 saturated carbocycles. The Morgan fingerprint density at radius 3 is 2.53 bits per heavy atom. The van der Waals surface area contributed by atoms with Gasteiger partial charge in [-0.25, -0.2) is 4.98 Å². The van der Waals surface area contributed by atoms with Crippen molar-refractivity contribution in [2.75, 3.05) is 6.61 Å². The van der Waals surface area contributed by atoms with E-state index in [4.69, 9.17) is 21.3 Å². The van der Waals surface area contributed by atoms with E-state index in [9.17, 15) is 0 Å². The van der Waals surface area contributed by atoms with Crippen LogP contribution in [0.15, 0.2) is 95.9 Å². The normalized spacial score (nSPS) is 11.3. The SMILES string of the molecule is Clc1ccc(SCc2nc3ccccc3n2CCCOc2cccc3ccccc23)cc1. The van der Waals surface area contributed by atoms with Crippen molar-refractivity contribution >= 4 is 45.2 Å². The van der Waals surface area contributed by atoms with E-state index in [2.05, 4.69) is 65.2 Å². The van der Waals surface area contributed by atoms with Gasteiger partial charge in [0.2, 0.25) is 0 Å². The van der Waals surface area contributed by atoms with Gasteiger partial charge in [-0.3, -0.25) is 0 Å². The predicted molar refractivity (Wildman–Crippen MR) is 135 cm³/mol. The fraction of sp³-hybridized carbons (Fsp3) is 0.148. The molecule has 0 radical (unpaired) electrons. The number of thioether (sulfide) groups is 1. The molecule has 0 bridgehead atoms. The zero-order valence-electron chi connectivity index (χ0n) is 17.6. The summed E-state index contributed by atoms with van der Waals surface area (Å²) in [7, 11) is 0. The molecule has 0 unspecified atom stereocenters. The number of hydrogen-bond donors (Lipinski definition) is 0. The molecule has 5 heteroatoms. The second-order valence-electron chi connectivity index (χ2n) is 7.59. The second kappa shape index (κ2) is 9.68. The van der Waals surface area contributed by atoms with E-state index in [-0.39, 0.29) is 0 Å². The first kappa shape index (κ1) is 20.9. The van der Waals surface area contributed by atoms with Gasteiger partial charge in [-0.05, 0) is 54.3 Å². The van der Waals surface area contributed by atoms with Crippen molar-refractivity contribution in [2.24, 2.45) is 0 Å². The molecule has 0 spiro atoms. The summed E-state index contributed by atoms with van der Waals surface area (Å²) in [5.74, 6) is 2.83. The highest BCUT2D eigenvalue weighted by molar-refractivity contribution is 7.98. The van der Waals surface area contributed by atoms with Crippen LogP contribution < -0.4 is 4.74 Å². The minimum Gasteiger partial charge on any atom is -0.493 e. The van der Waals surface area contributed by atoms with Crippen molar-refractivity contribution in [1.82, 2.24) is 9.55 Å². The number of benzene rings is 4. The zero-order chi connectivity index (χ0) is 21.8. The molecule has 0 amide bonds. The number of imidazole rings is 1. The summed E-state index contributed by atoms with van der Waals surface area (Å²) in [5, 5.41) is 3.11. The lowest BCUT2D eigenvalue weighted by Crippen LogP contribution is -2.07. The molecule has 1 heterocycles. The smallest absolute Gasteiger partial charge is 0.127 e. The minimum absolute atomic E-state index is 0.657. The standard InChI is InChI=1S/C27H23ClN2OS/c28-21-13-15-22(16-14-21)32-19-27-29-24-10-3-4-11-25(24)30(27)17-6-18-31-26-12-5-8-20-7-1-2-9-23(20)26/h1-5,7-16H,6,17-19H2. The highest BCUT2D eigenvalue weighted by atomic mass is 35.5. The second-order valence-corrected chi connectivity index (χ2v) is 9.08. The summed E-state index contributed by atoms with van der Waals surface area (Å²) in [4.78, 5) is 6.09. The largest absolute Gasteiger partial charge is 0.493 e. The van der Waals surface area contributed by atoms with Crippen LogP contribution in [0.5, 0.6) is 5.75 Å². The number of aryl methyl sites for hydroxylation is 1. The first-order valence-corrected chi connectivity index (χ1v) is 12.1. The molecule has 0 fully saturated rings. The van der Waals surface area contributed by atoms with Gasteiger partial charge in [0.25, 0.3) is 0 Å². The van der Waals surface area contributed by atoms with E-state index < -0.39 is 0 Å². The van der Waals surface area contributed by atoms with Gasteiger partial charge in [-0.15, -0.1) is 11.8 Å². The molecule has 0 aliphatic rings. The van der Waals surface area contributed by atoms with Crippen LogP contribution in [0.3, 0.4) is 0 Å². The van der Waals surface area contributed by atoms with Crippen LogP contribution in [0.25, 0.3) is 21.8 Å². The van der Waals surface area contributed by atoms with Gasteiger partial charge in [0.15, 0.2) is 0 Å². The molecule has 1 aromatic heterocycles. The Morgan fingerprint density at radius 2 is 1.62 bits per heavy atom. The number of para-hydroxylation sites is 2. The van der Waals surface area contributed by atoms with Crippen molar-refractivity contribution in [1.29, 1.82) is 0 Å². The third-order valence-corrected chi connectivity index (χ3v) is 6.71. The molecule has 0 saturated heterocycles. The lowest BCUT2D eigenvalue weighted by Gasteiger charge is -2.12. The highest BCUT2D eigenvalue weighted by Crippen LogP contribution is 2.27. The number of fused-ring (bicyclic) bond motifs is 2. The molecule has 32 heavy (non-hydrogen) atoms. The monoisotopic (exact) mass is 458 g/mol. The Balaban J connectivity index is 1.28. The number of hydrogen-bond acceptors (Lipinski definition) is 3. The maximum Gasteiger partial charge on any atom is 0.127 e. The van der Waals surface area contributed by atoms with Gasteiger partial charge in [0.05, 0.1) is 23.4 Å². The van der Waals surface area contributed by atoms with E-state index in [0.29, 0.717) is 6.61 Å². The lowest BCUT2D eigenvalue weighted by atomic mass is 10.1. The first-order valence-electron chi connectivity index (χ1n) is 10.7. The molecule has 0 aliphatic carbocycles. The van der Waals surface area contributed by atoms with Crippen molar-refractivity contribution < 1.29 is 4.74 Å². The highest BCUT2D eigenvalue weighted by Gasteiger charge is 2.11. The Morgan fingerprint density at radius 1 is 0.844 bits per heavy atom. The van der Waals surface area contributed by atoms with Gasteiger partial charge >= 0.3 is 0 Å². The maximum atomic E-state index is 6.16. The third kappa shape index (κ3) is 4.62. The van der Waals surface area contributed by atoms with Crippen LogP contribution in [0.2, 0.25) is 5.02 Å². The van der Waals surface area contributed by atoms with Crippen LogP contribution >= 0.6 is 23.4 Å². The summed E-state index contributed by atoms with van der Waals surface area (Å²) < 4.78 is 8.48. The predicted octanol–water partition coefficient (Wildman–Crippen LogP) is 7.60. The van der Waals surface area contributed by atoms with Gasteiger partial charge < -0.3 is 9.30 Å². The fourth-order valence-corrected chi connectivity index (χ4v) is 4.86. The van der Waals surface area contributed by atoms with Crippen molar-refractivity contribution in [2.45, 2.75) is 23.6 Å². The van der Waals surface area contributed by atoms with Crippen LogP contribution in [-0.4, -0.2) is 16.2 Å². The number of nitrogens with zero attached hydrogens (tertiary/aromatic N) is 2. The molecule has 3 nitrogen and oxygen atoms in total. The molecule has 0 N–H and O–H groups in total. The van der Waals surface area contributed by atoms with Crippen molar-refractivity contribution in [3.63, 3.8) is 0 Å². The Labute approximate surface area is 197 Å². The Hall–Kier alpha value is -2.95. The average Bonchev–Trinajstić information content (AvgIpc) is 3.19. The third-order valence-electron chi connectivity index (χ3n) is 5.45. The van der Waals surface area contributed by atoms with E-state index in [0.717, 1.165) is 46.2 Å². The maximum absolute atomic E-state index is 6.16. The summed E-state index contributed by atoms with van der Waals surface area (Å²) in [6, 6.07) is 30.8. The van der Waals surface area contributed by atoms with Crippen LogP contribution in [-0.2, 0) is 12.3 Å². The molecule has 0 aliphatic heterocycles. The number of rotatable bonds is 8. The molecule has 160 valence electrons. The minimum atomic E-state index is 0.657. The summed E-state index contributed by atoms with van der Waals surface area (Å²) >= 11 is 7.79. The first-order chi connectivity index (χ1) is 15.8. The van der Waals surface area contributed by atoms with Gasteiger partial charge in [0, 0.05) is 21.8 Å². The van der Waals surface area contributed by atoms with E-state index in [1.165, 1.54) is 15.8 Å². The molecule has 5 aromatic rings. The van der Waals surface area contributed by atoms with Crippen LogP contribution in [0.4, 0.5) is 0 Å². The molecule has 5 rings (SSSR count). The molecular formula is C27H23ClN2OS. The van der Waals surface area contributed by atoms with Crippen LogP contribution in [0.1, 0.15) is 12.2 Å². The fourth-order valence-electron chi connectivity index (χ4n) is 3.89. The molecule has 0 atom stereocenters. The Bertz CT molecular complexity index is 1340. The van der Waals surface area contributed by atoms with Crippen LogP contribution in [0, 0.1) is 0 Å². The van der Waals surface area contributed by atoms with E-state index in [1.807, 2.05) is 30.3 Å². The van der Waals surface area contributed by atoms with Gasteiger partial charge in [0.1, 0.15) is 11.6 Å². The summed E-state index contributed by atoms with van der Waals surface area (Å²) in [5.41, 5.74) is 2.21. The lowest BCUT2D eigenvalue weighted by molar-refractivity contribution is 0.305. The topological polar surface area (TPSA) is 27.1 Å². The molecular weight excluding hydrogens is 436 g/mol. The Kier molecular flexibility index (Phi) is 6.33. The number of ether oxygens (including phenoxy) is 1. The summed E-state index contributed by atoms with van der Waals surface area (Å²) in [6.07, 6.45) is 0.905. The number of halogens is 1. The summed E-state index contributed by atoms with van der Waals surface area (Å²) in [6.45, 7) is 1.52.